The molecule has 0 aromatic carbocycles. The number of aliphatic hydroxyl groups excluding tert-OH is 2. The summed E-state index contributed by atoms with van der Waals surface area (Å²) in [5.41, 5.74) is -0.758. The van der Waals surface area contributed by atoms with Crippen LogP contribution in [0.25, 0.3) is 0 Å². The number of allylic oxidation sites excluding steroid dienone is 2. The first-order valence-electron chi connectivity index (χ1n) is 13.9. The highest BCUT2D eigenvalue weighted by molar-refractivity contribution is 5.89. The summed E-state index contributed by atoms with van der Waals surface area (Å²) in [4.78, 5) is 26.2. The Morgan fingerprint density at radius 2 is 1.69 bits per heavy atom. The molecule has 5 rings (SSSR count). The molecular formula is C30H46O5. The van der Waals surface area contributed by atoms with E-state index in [1.165, 1.54) is 5.57 Å². The molecule has 4 fully saturated rings. The average molecular weight is 487 g/mol. The highest BCUT2D eigenvalue weighted by atomic mass is 16.4. The molecule has 3 N–H and O–H groups in total. The molecular weight excluding hydrogens is 440 g/mol. The Balaban J connectivity index is 1.60. The van der Waals surface area contributed by atoms with Gasteiger partial charge in [-0.15, -0.1) is 0 Å². The minimum atomic E-state index is -0.784. The van der Waals surface area contributed by atoms with Crippen molar-refractivity contribution in [1.82, 2.24) is 0 Å². The van der Waals surface area contributed by atoms with Crippen LogP contribution in [0.1, 0.15) is 99.3 Å². The Labute approximate surface area is 210 Å². The molecule has 0 spiro atoms. The van der Waals surface area contributed by atoms with E-state index in [0.717, 1.165) is 25.7 Å². The second-order valence-corrected chi connectivity index (χ2v) is 14.7. The van der Waals surface area contributed by atoms with Crippen LogP contribution in [0.2, 0.25) is 0 Å². The third kappa shape index (κ3) is 2.94. The molecule has 5 heteroatoms. The van der Waals surface area contributed by atoms with Crippen molar-refractivity contribution in [2.45, 2.75) is 105 Å². The van der Waals surface area contributed by atoms with Gasteiger partial charge in [0, 0.05) is 22.7 Å². The van der Waals surface area contributed by atoms with E-state index in [9.17, 15) is 24.9 Å². The van der Waals surface area contributed by atoms with Crippen LogP contribution >= 0.6 is 0 Å². The summed E-state index contributed by atoms with van der Waals surface area (Å²) in [6.07, 6.45) is 8.76. The first kappa shape index (κ1) is 25.4. The summed E-state index contributed by atoms with van der Waals surface area (Å²) in [5, 5.41) is 31.3. The highest BCUT2D eigenvalue weighted by Crippen LogP contribution is 2.75. The van der Waals surface area contributed by atoms with E-state index >= 15 is 0 Å². The van der Waals surface area contributed by atoms with Crippen LogP contribution in [0, 0.1) is 50.2 Å². The number of aliphatic hydroxyl groups is 2. The lowest BCUT2D eigenvalue weighted by molar-refractivity contribution is -0.214. The van der Waals surface area contributed by atoms with Gasteiger partial charge in [-0.1, -0.05) is 46.3 Å². The monoisotopic (exact) mass is 486 g/mol. The number of carboxylic acid groups (broad SMARTS) is 1. The number of rotatable bonds is 2. The summed E-state index contributed by atoms with van der Waals surface area (Å²) in [6, 6.07) is 0. The van der Waals surface area contributed by atoms with Gasteiger partial charge < -0.3 is 15.3 Å². The average Bonchev–Trinajstić information content (AvgIpc) is 2.79. The van der Waals surface area contributed by atoms with Crippen molar-refractivity contribution >= 4 is 11.8 Å². The second kappa shape index (κ2) is 7.43. The maximum Gasteiger partial charge on any atom is 0.309 e. The molecule has 0 aromatic heterocycles. The SMILES string of the molecule is C[C@@]1(C(=O)O)CC[C@]2(C)C(=O)C[C@]3(C)C(=CC[C@@H]4[C@@]5(C)CC[C@H](O)[C@@](C)(CO)[C@@H]5CC[C@]43C)[C@@H]2C1. The van der Waals surface area contributed by atoms with E-state index < -0.39 is 28.3 Å². The quantitative estimate of drug-likeness (QED) is 0.455. The summed E-state index contributed by atoms with van der Waals surface area (Å²) >= 11 is 0. The molecule has 0 bridgehead atoms. The normalized spacial score (nSPS) is 55.7. The first-order chi connectivity index (χ1) is 16.1. The topological polar surface area (TPSA) is 94.8 Å². The van der Waals surface area contributed by atoms with Crippen molar-refractivity contribution < 1.29 is 24.9 Å². The molecule has 0 saturated heterocycles. The number of Topliss-reactive ketones (excluding diaryl/α,β-unsaturated/α-hetero) is 1. The predicted molar refractivity (Wildman–Crippen MR) is 134 cm³/mol. The number of hydrogen-bond acceptors (Lipinski definition) is 4. The Hall–Kier alpha value is -1.20. The molecule has 5 aliphatic carbocycles. The number of carboxylic acids is 1. The molecule has 0 amide bonds. The van der Waals surface area contributed by atoms with Crippen LogP contribution in [0.15, 0.2) is 11.6 Å². The number of hydrogen-bond donors (Lipinski definition) is 3. The lowest BCUT2D eigenvalue weighted by Gasteiger charge is -2.71. The van der Waals surface area contributed by atoms with Crippen LogP contribution in [0.3, 0.4) is 0 Å². The minimum absolute atomic E-state index is 0.00288. The van der Waals surface area contributed by atoms with Gasteiger partial charge in [-0.3, -0.25) is 9.59 Å². The third-order valence-electron chi connectivity index (χ3n) is 13.3. The standard InChI is InChI=1S/C30H46O5/c1-25(24(34)35)13-14-26(2)19(15-25)18-7-8-21-27(3)11-10-22(32)28(4,17-31)20(27)9-12-29(21,5)30(18,6)16-23(26)33/h7,19-22,31-32H,8-17H2,1-6H3,(H,34,35)/t19-,20+,21+,22-,25+,26-,27-,28-,29+,30+/m0/s1. The van der Waals surface area contributed by atoms with Gasteiger partial charge in [-0.05, 0) is 86.9 Å². The fourth-order valence-electron chi connectivity index (χ4n) is 10.4. The van der Waals surface area contributed by atoms with Crippen molar-refractivity contribution in [3.8, 4) is 0 Å². The van der Waals surface area contributed by atoms with Gasteiger partial charge in [-0.25, -0.2) is 0 Å². The lowest BCUT2D eigenvalue weighted by Crippen LogP contribution is -2.66. The smallest absolute Gasteiger partial charge is 0.309 e. The number of ketones is 1. The van der Waals surface area contributed by atoms with Gasteiger partial charge in [0.15, 0.2) is 0 Å². The molecule has 10 atom stereocenters. The maximum absolute atomic E-state index is 13.9. The summed E-state index contributed by atoms with van der Waals surface area (Å²) < 4.78 is 0. The fourth-order valence-corrected chi connectivity index (χ4v) is 10.4. The van der Waals surface area contributed by atoms with Crippen LogP contribution in [0.5, 0.6) is 0 Å². The van der Waals surface area contributed by atoms with Gasteiger partial charge in [0.05, 0.1) is 18.1 Å². The van der Waals surface area contributed by atoms with Crippen molar-refractivity contribution in [3.63, 3.8) is 0 Å². The number of fused-ring (bicyclic) bond motifs is 7. The first-order valence-corrected chi connectivity index (χ1v) is 13.9. The van der Waals surface area contributed by atoms with Crippen LogP contribution < -0.4 is 0 Å². The van der Waals surface area contributed by atoms with E-state index in [4.69, 9.17) is 0 Å². The predicted octanol–water partition coefficient (Wildman–Crippen LogP) is 5.39. The fraction of sp³-hybridized carbons (Fsp3) is 0.867. The number of carbonyl (C=O) groups excluding carboxylic acids is 1. The van der Waals surface area contributed by atoms with Gasteiger partial charge in [0.1, 0.15) is 5.78 Å². The number of aliphatic carboxylic acids is 1. The Morgan fingerprint density at radius 1 is 1.00 bits per heavy atom. The molecule has 4 saturated carbocycles. The zero-order valence-electron chi connectivity index (χ0n) is 22.6. The largest absolute Gasteiger partial charge is 0.481 e. The zero-order chi connectivity index (χ0) is 25.8. The molecule has 35 heavy (non-hydrogen) atoms. The van der Waals surface area contributed by atoms with Crippen molar-refractivity contribution in [3.05, 3.63) is 11.6 Å². The molecule has 5 aliphatic rings. The molecule has 0 aromatic rings. The molecule has 0 radical (unpaired) electrons. The minimum Gasteiger partial charge on any atom is -0.481 e. The highest BCUT2D eigenvalue weighted by Gasteiger charge is 2.70. The zero-order valence-corrected chi connectivity index (χ0v) is 22.6. The van der Waals surface area contributed by atoms with Gasteiger partial charge >= 0.3 is 5.97 Å². The second-order valence-electron chi connectivity index (χ2n) is 14.7. The Bertz CT molecular complexity index is 987. The van der Waals surface area contributed by atoms with Gasteiger partial charge in [0.25, 0.3) is 0 Å². The molecule has 0 aliphatic heterocycles. The molecule has 0 heterocycles. The van der Waals surface area contributed by atoms with E-state index in [1.54, 1.807) is 0 Å². The molecule has 196 valence electrons. The van der Waals surface area contributed by atoms with Crippen molar-refractivity contribution in [1.29, 1.82) is 0 Å². The summed E-state index contributed by atoms with van der Waals surface area (Å²) in [6.45, 7) is 13.1. The van der Waals surface area contributed by atoms with Crippen LogP contribution in [0.4, 0.5) is 0 Å². The molecule has 5 nitrogen and oxygen atoms in total. The van der Waals surface area contributed by atoms with Crippen LogP contribution in [-0.2, 0) is 9.59 Å². The van der Waals surface area contributed by atoms with Crippen molar-refractivity contribution in [2.75, 3.05) is 6.61 Å². The summed E-state index contributed by atoms with van der Waals surface area (Å²) in [5.74, 6) is 0.185. The van der Waals surface area contributed by atoms with Crippen molar-refractivity contribution in [2.24, 2.45) is 50.2 Å². The molecule has 0 unspecified atom stereocenters. The van der Waals surface area contributed by atoms with E-state index in [2.05, 4.69) is 40.7 Å². The van der Waals surface area contributed by atoms with Gasteiger partial charge in [0.2, 0.25) is 0 Å². The van der Waals surface area contributed by atoms with E-state index in [-0.39, 0.29) is 34.7 Å². The summed E-state index contributed by atoms with van der Waals surface area (Å²) in [7, 11) is 0. The lowest BCUT2D eigenvalue weighted by atomic mass is 9.33. The van der Waals surface area contributed by atoms with E-state index in [0.29, 0.717) is 43.8 Å². The maximum atomic E-state index is 13.9. The Morgan fingerprint density at radius 3 is 2.31 bits per heavy atom. The van der Waals surface area contributed by atoms with E-state index in [1.807, 2.05) is 6.92 Å². The third-order valence-corrected chi connectivity index (χ3v) is 13.3. The van der Waals surface area contributed by atoms with Crippen LogP contribution in [-0.4, -0.2) is 39.8 Å². The number of carbonyl (C=O) groups is 2. The Kier molecular flexibility index (Phi) is 5.40. The van der Waals surface area contributed by atoms with Gasteiger partial charge in [-0.2, -0.15) is 0 Å².